The highest BCUT2D eigenvalue weighted by atomic mass is 32.1. The van der Waals surface area contributed by atoms with Gasteiger partial charge in [0.2, 0.25) is 0 Å². The van der Waals surface area contributed by atoms with Crippen molar-refractivity contribution in [1.29, 1.82) is 0 Å². The van der Waals surface area contributed by atoms with Crippen molar-refractivity contribution in [2.75, 3.05) is 4.90 Å². The molecule has 1 aliphatic heterocycles. The number of thiocarbonyl (C=S) groups is 1. The van der Waals surface area contributed by atoms with E-state index in [0.29, 0.717) is 5.11 Å². The molecule has 1 fully saturated rings. The largest absolute Gasteiger partial charge is 0.457 e. The summed E-state index contributed by atoms with van der Waals surface area (Å²) in [5, 5.41) is 4.25. The quantitative estimate of drug-likeness (QED) is 0.218. The van der Waals surface area contributed by atoms with Crippen LogP contribution in [0.25, 0.3) is 0 Å². The van der Waals surface area contributed by atoms with Crippen LogP contribution in [-0.2, 0) is 6.54 Å². The molecule has 1 N–H and O–H groups in total. The number of nitrogens with one attached hydrogen (secondary N) is 1. The van der Waals surface area contributed by atoms with Gasteiger partial charge in [-0.15, -0.1) is 0 Å². The van der Waals surface area contributed by atoms with E-state index < -0.39 is 0 Å². The lowest BCUT2D eigenvalue weighted by Gasteiger charge is -2.28. The molecule has 6 rings (SSSR count). The van der Waals surface area contributed by atoms with E-state index in [4.69, 9.17) is 21.9 Å². The molecular formula is C33H31N5OS. The van der Waals surface area contributed by atoms with E-state index in [2.05, 4.69) is 76.9 Å². The van der Waals surface area contributed by atoms with E-state index in [1.54, 1.807) is 0 Å². The van der Waals surface area contributed by atoms with Crippen molar-refractivity contribution in [2.24, 2.45) is 0 Å². The zero-order valence-electron chi connectivity index (χ0n) is 22.8. The number of rotatable bonds is 7. The maximum atomic E-state index is 6.09. The van der Waals surface area contributed by atoms with Crippen molar-refractivity contribution in [3.63, 3.8) is 0 Å². The van der Waals surface area contributed by atoms with Gasteiger partial charge in [-0.25, -0.2) is 0 Å². The molecular weight excluding hydrogens is 514 g/mol. The normalized spacial score (nSPS) is 16.7. The fraction of sp³-hybridized carbons (Fsp3) is 0.182. The lowest BCUT2D eigenvalue weighted by molar-refractivity contribution is 0.482. The number of hydrogen-bond donors (Lipinski definition) is 1. The summed E-state index contributed by atoms with van der Waals surface area (Å²) in [7, 11) is 0. The van der Waals surface area contributed by atoms with Gasteiger partial charge in [-0.3, -0.25) is 9.97 Å². The van der Waals surface area contributed by atoms with Gasteiger partial charge in [0.1, 0.15) is 11.5 Å². The smallest absolute Gasteiger partial charge is 0.174 e. The van der Waals surface area contributed by atoms with Gasteiger partial charge < -0.3 is 19.5 Å². The van der Waals surface area contributed by atoms with Gasteiger partial charge in [-0.2, -0.15) is 0 Å². The van der Waals surface area contributed by atoms with Crippen LogP contribution >= 0.6 is 12.2 Å². The molecule has 4 heterocycles. The van der Waals surface area contributed by atoms with Crippen molar-refractivity contribution < 1.29 is 4.74 Å². The average molecular weight is 546 g/mol. The van der Waals surface area contributed by atoms with Gasteiger partial charge in [0.05, 0.1) is 17.8 Å². The van der Waals surface area contributed by atoms with Crippen LogP contribution < -0.4 is 15.0 Å². The lowest BCUT2D eigenvalue weighted by Crippen LogP contribution is -2.29. The lowest BCUT2D eigenvalue weighted by atomic mass is 9.96. The summed E-state index contributed by atoms with van der Waals surface area (Å²) in [4.78, 5) is 11.1. The van der Waals surface area contributed by atoms with Crippen molar-refractivity contribution in [1.82, 2.24) is 19.9 Å². The first-order valence-electron chi connectivity index (χ1n) is 13.4. The molecule has 200 valence electrons. The third-order valence-corrected chi connectivity index (χ3v) is 7.81. The molecule has 0 unspecified atom stereocenters. The number of aryl methyl sites for hydroxylation is 2. The van der Waals surface area contributed by atoms with Crippen LogP contribution in [0.15, 0.2) is 104 Å². The Morgan fingerprint density at radius 2 is 1.55 bits per heavy atom. The minimum absolute atomic E-state index is 0.0799. The van der Waals surface area contributed by atoms with Gasteiger partial charge in [0.15, 0.2) is 5.11 Å². The maximum absolute atomic E-state index is 6.09. The Labute approximate surface area is 240 Å². The van der Waals surface area contributed by atoms with Crippen molar-refractivity contribution in [3.05, 3.63) is 137 Å². The Balaban J connectivity index is 1.37. The number of hydrogen-bond acceptors (Lipinski definition) is 4. The van der Waals surface area contributed by atoms with Gasteiger partial charge in [-0.1, -0.05) is 23.8 Å². The molecule has 1 saturated heterocycles. The topological polar surface area (TPSA) is 55.2 Å². The number of ether oxygens (including phenoxy) is 1. The minimum Gasteiger partial charge on any atom is -0.457 e. The molecule has 7 heteroatoms. The fourth-order valence-electron chi connectivity index (χ4n) is 5.41. The Bertz CT molecular complexity index is 1620. The highest BCUT2D eigenvalue weighted by Crippen LogP contribution is 2.43. The predicted octanol–water partition coefficient (Wildman–Crippen LogP) is 7.22. The first-order chi connectivity index (χ1) is 19.5. The third kappa shape index (κ3) is 5.08. The Morgan fingerprint density at radius 1 is 0.850 bits per heavy atom. The van der Waals surface area contributed by atoms with Gasteiger partial charge in [-0.05, 0) is 111 Å². The maximum Gasteiger partial charge on any atom is 0.174 e. The van der Waals surface area contributed by atoms with Crippen molar-refractivity contribution in [3.8, 4) is 11.5 Å². The summed E-state index contributed by atoms with van der Waals surface area (Å²) in [6, 6.07) is 28.5. The summed E-state index contributed by atoms with van der Waals surface area (Å²) in [6.07, 6.45) is 5.52. The molecule has 0 bridgehead atoms. The standard InChI is InChI=1S/C33H31N5OS/c1-22-7-11-27(12-8-22)39-28-13-9-26(10-14-28)38-32(31(36-33(38)40)30-6-4-5-17-35-30)29-20-23(2)37(24(29)3)21-25-15-18-34-19-16-25/h4-20,31-32H,21H2,1-3H3,(H,36,40)/t31-,32-/m0/s1. The zero-order valence-corrected chi connectivity index (χ0v) is 23.6. The minimum atomic E-state index is -0.105. The Morgan fingerprint density at radius 3 is 2.23 bits per heavy atom. The number of aromatic nitrogens is 3. The van der Waals surface area contributed by atoms with E-state index in [-0.39, 0.29) is 12.1 Å². The van der Waals surface area contributed by atoms with Crippen molar-refractivity contribution >= 4 is 23.0 Å². The van der Waals surface area contributed by atoms with Crippen LogP contribution in [0.2, 0.25) is 0 Å². The number of pyridine rings is 2. The third-order valence-electron chi connectivity index (χ3n) is 7.49. The van der Waals surface area contributed by atoms with Gasteiger partial charge in [0, 0.05) is 42.2 Å². The second kappa shape index (κ2) is 10.9. The molecule has 0 saturated carbocycles. The van der Waals surface area contributed by atoms with Crippen LogP contribution in [0.3, 0.4) is 0 Å². The van der Waals surface area contributed by atoms with E-state index >= 15 is 0 Å². The van der Waals surface area contributed by atoms with E-state index in [0.717, 1.165) is 29.4 Å². The van der Waals surface area contributed by atoms with Crippen LogP contribution in [-0.4, -0.2) is 19.6 Å². The second-order valence-corrected chi connectivity index (χ2v) is 10.6. The molecule has 1 aliphatic rings. The zero-order chi connectivity index (χ0) is 27.6. The molecule has 5 aromatic rings. The highest BCUT2D eigenvalue weighted by Gasteiger charge is 2.42. The van der Waals surface area contributed by atoms with E-state index in [9.17, 15) is 0 Å². The average Bonchev–Trinajstić information content (AvgIpc) is 3.46. The Kier molecular flexibility index (Phi) is 7.05. The molecule has 0 radical (unpaired) electrons. The number of benzene rings is 2. The monoisotopic (exact) mass is 545 g/mol. The molecule has 2 aromatic carbocycles. The molecule has 0 spiro atoms. The molecule has 40 heavy (non-hydrogen) atoms. The molecule has 6 nitrogen and oxygen atoms in total. The van der Waals surface area contributed by atoms with Crippen LogP contribution in [0.1, 0.15) is 45.9 Å². The van der Waals surface area contributed by atoms with Crippen molar-refractivity contribution in [2.45, 2.75) is 39.4 Å². The molecule has 0 amide bonds. The number of nitrogens with zero attached hydrogens (tertiary/aromatic N) is 4. The Hall–Kier alpha value is -4.49. The van der Waals surface area contributed by atoms with Crippen LogP contribution in [0.4, 0.5) is 5.69 Å². The highest BCUT2D eigenvalue weighted by molar-refractivity contribution is 7.80. The molecule has 0 aliphatic carbocycles. The second-order valence-electron chi connectivity index (χ2n) is 10.2. The first kappa shape index (κ1) is 25.8. The molecule has 3 aromatic heterocycles. The summed E-state index contributed by atoms with van der Waals surface area (Å²) in [5.74, 6) is 1.59. The van der Waals surface area contributed by atoms with E-state index in [1.165, 1.54) is 28.1 Å². The van der Waals surface area contributed by atoms with Crippen LogP contribution in [0.5, 0.6) is 11.5 Å². The SMILES string of the molecule is Cc1ccc(Oc2ccc(N3C(=S)N[C@@H](c4ccccn4)[C@@H]3c3cc(C)n(Cc4ccncc4)c3C)cc2)cc1. The van der Waals surface area contributed by atoms with Crippen LogP contribution in [0, 0.1) is 20.8 Å². The van der Waals surface area contributed by atoms with E-state index in [1.807, 2.05) is 67.1 Å². The van der Waals surface area contributed by atoms with Gasteiger partial charge in [0.25, 0.3) is 0 Å². The number of anilines is 1. The summed E-state index contributed by atoms with van der Waals surface area (Å²) in [6.45, 7) is 7.20. The van der Waals surface area contributed by atoms with Gasteiger partial charge >= 0.3 is 0 Å². The first-order valence-corrected chi connectivity index (χ1v) is 13.8. The summed E-state index contributed by atoms with van der Waals surface area (Å²) >= 11 is 5.96. The summed E-state index contributed by atoms with van der Waals surface area (Å²) in [5.41, 5.74) is 7.98. The summed E-state index contributed by atoms with van der Waals surface area (Å²) < 4.78 is 8.45. The predicted molar refractivity (Wildman–Crippen MR) is 163 cm³/mol. The fourth-order valence-corrected chi connectivity index (χ4v) is 5.75. The molecule has 2 atom stereocenters.